The number of para-hydroxylation sites is 2. The maximum atomic E-state index is 12.1. The van der Waals surface area contributed by atoms with Crippen LogP contribution in [0.5, 0.6) is 0 Å². The Bertz CT molecular complexity index is 734. The number of imidazole rings is 1. The van der Waals surface area contributed by atoms with Gasteiger partial charge >= 0.3 is 0 Å². The van der Waals surface area contributed by atoms with Gasteiger partial charge in [-0.05, 0) is 31.4 Å². The first-order chi connectivity index (χ1) is 11.7. The van der Waals surface area contributed by atoms with Gasteiger partial charge in [0.2, 0.25) is 11.8 Å². The molecule has 0 spiro atoms. The summed E-state index contributed by atoms with van der Waals surface area (Å²) in [7, 11) is 0. The van der Waals surface area contributed by atoms with E-state index in [1.54, 1.807) is 0 Å². The van der Waals surface area contributed by atoms with Gasteiger partial charge in [-0.1, -0.05) is 19.1 Å². The van der Waals surface area contributed by atoms with Crippen molar-refractivity contribution in [3.05, 3.63) is 30.1 Å². The molecule has 1 aliphatic rings. The van der Waals surface area contributed by atoms with Crippen LogP contribution < -0.4 is 10.6 Å². The van der Waals surface area contributed by atoms with Crippen molar-refractivity contribution in [3.63, 3.8) is 0 Å². The van der Waals surface area contributed by atoms with Crippen molar-refractivity contribution in [1.82, 2.24) is 20.2 Å². The molecule has 0 aliphatic heterocycles. The third kappa shape index (κ3) is 3.93. The van der Waals surface area contributed by atoms with E-state index < -0.39 is 0 Å². The lowest BCUT2D eigenvalue weighted by molar-refractivity contribution is -0.122. The molecule has 6 heteroatoms. The standard InChI is InChI=1S/C18H24N4O2/c1-2-10-19-17(23)12-22-15-6-4-3-5-14(15)21-16(22)9-11-20-18(24)13-7-8-13/h3-6,13H,2,7-12H2,1H3,(H,19,23)(H,20,24). The molecule has 1 heterocycles. The number of fused-ring (bicyclic) bond motifs is 1. The van der Waals surface area contributed by atoms with Crippen molar-refractivity contribution in [2.24, 2.45) is 5.92 Å². The molecule has 6 nitrogen and oxygen atoms in total. The molecular weight excluding hydrogens is 304 g/mol. The molecule has 0 saturated heterocycles. The molecule has 0 bridgehead atoms. The molecule has 0 atom stereocenters. The van der Waals surface area contributed by atoms with Gasteiger partial charge in [0.05, 0.1) is 11.0 Å². The van der Waals surface area contributed by atoms with Crippen LogP contribution in [0.3, 0.4) is 0 Å². The van der Waals surface area contributed by atoms with Crippen molar-refractivity contribution in [1.29, 1.82) is 0 Å². The molecule has 3 rings (SSSR count). The average Bonchev–Trinajstić information content (AvgIpc) is 3.38. The van der Waals surface area contributed by atoms with Crippen molar-refractivity contribution in [2.75, 3.05) is 13.1 Å². The molecule has 1 fully saturated rings. The summed E-state index contributed by atoms with van der Waals surface area (Å²) in [6.07, 6.45) is 3.54. The minimum absolute atomic E-state index is 0.0109. The molecule has 24 heavy (non-hydrogen) atoms. The lowest BCUT2D eigenvalue weighted by Crippen LogP contribution is -2.30. The van der Waals surface area contributed by atoms with Gasteiger partial charge in [-0.15, -0.1) is 0 Å². The predicted molar refractivity (Wildman–Crippen MR) is 92.5 cm³/mol. The molecule has 128 valence electrons. The molecule has 1 aliphatic carbocycles. The SMILES string of the molecule is CCCNC(=O)Cn1c(CCNC(=O)C2CC2)nc2ccccc21. The van der Waals surface area contributed by atoms with E-state index in [1.807, 2.05) is 35.8 Å². The van der Waals surface area contributed by atoms with E-state index in [-0.39, 0.29) is 24.3 Å². The Morgan fingerprint density at radius 1 is 1.21 bits per heavy atom. The van der Waals surface area contributed by atoms with Gasteiger partial charge in [-0.25, -0.2) is 4.98 Å². The first-order valence-corrected chi connectivity index (χ1v) is 8.67. The van der Waals surface area contributed by atoms with Crippen molar-refractivity contribution < 1.29 is 9.59 Å². The van der Waals surface area contributed by atoms with E-state index in [0.717, 1.165) is 36.1 Å². The molecule has 2 N–H and O–H groups in total. The highest BCUT2D eigenvalue weighted by Gasteiger charge is 2.29. The second-order valence-electron chi connectivity index (χ2n) is 6.27. The van der Waals surface area contributed by atoms with E-state index >= 15 is 0 Å². The summed E-state index contributed by atoms with van der Waals surface area (Å²) in [4.78, 5) is 28.5. The van der Waals surface area contributed by atoms with Crippen LogP contribution in [-0.2, 0) is 22.6 Å². The van der Waals surface area contributed by atoms with Gasteiger partial charge in [-0.2, -0.15) is 0 Å². The molecule has 1 aromatic carbocycles. The fourth-order valence-electron chi connectivity index (χ4n) is 2.74. The molecule has 2 aromatic rings. The zero-order chi connectivity index (χ0) is 16.9. The summed E-state index contributed by atoms with van der Waals surface area (Å²) in [6.45, 7) is 3.51. The summed E-state index contributed by atoms with van der Waals surface area (Å²) >= 11 is 0. The molecular formula is C18H24N4O2. The zero-order valence-electron chi connectivity index (χ0n) is 14.0. The van der Waals surface area contributed by atoms with Crippen LogP contribution in [0.2, 0.25) is 0 Å². The maximum Gasteiger partial charge on any atom is 0.240 e. The molecule has 0 radical (unpaired) electrons. The van der Waals surface area contributed by atoms with E-state index in [1.165, 1.54) is 0 Å². The van der Waals surface area contributed by atoms with Crippen LogP contribution in [0.1, 0.15) is 32.0 Å². The second kappa shape index (κ2) is 7.47. The lowest BCUT2D eigenvalue weighted by Gasteiger charge is -2.10. The highest BCUT2D eigenvalue weighted by atomic mass is 16.2. The number of hydrogen-bond donors (Lipinski definition) is 2. The number of amides is 2. The minimum Gasteiger partial charge on any atom is -0.355 e. The monoisotopic (exact) mass is 328 g/mol. The smallest absolute Gasteiger partial charge is 0.240 e. The third-order valence-corrected chi connectivity index (χ3v) is 4.20. The van der Waals surface area contributed by atoms with Crippen LogP contribution >= 0.6 is 0 Å². The number of nitrogens with one attached hydrogen (secondary N) is 2. The van der Waals surface area contributed by atoms with E-state index in [0.29, 0.717) is 19.5 Å². The Kier molecular flexibility index (Phi) is 5.13. The van der Waals surface area contributed by atoms with Gasteiger partial charge in [0.25, 0.3) is 0 Å². The minimum atomic E-state index is -0.0109. The van der Waals surface area contributed by atoms with Crippen LogP contribution in [0.4, 0.5) is 0 Å². The first-order valence-electron chi connectivity index (χ1n) is 8.67. The third-order valence-electron chi connectivity index (χ3n) is 4.20. The van der Waals surface area contributed by atoms with Crippen LogP contribution in [0.15, 0.2) is 24.3 Å². The quantitative estimate of drug-likeness (QED) is 0.773. The second-order valence-corrected chi connectivity index (χ2v) is 6.27. The normalized spacial score (nSPS) is 13.9. The van der Waals surface area contributed by atoms with Crippen LogP contribution in [0, 0.1) is 5.92 Å². The number of rotatable bonds is 8. The van der Waals surface area contributed by atoms with Crippen LogP contribution in [-0.4, -0.2) is 34.5 Å². The van der Waals surface area contributed by atoms with Crippen LogP contribution in [0.25, 0.3) is 11.0 Å². The Hall–Kier alpha value is -2.37. The zero-order valence-corrected chi connectivity index (χ0v) is 14.0. The fourth-order valence-corrected chi connectivity index (χ4v) is 2.74. The summed E-state index contributed by atoms with van der Waals surface area (Å²) in [5.41, 5.74) is 1.83. The first kappa shape index (κ1) is 16.5. The van der Waals surface area contributed by atoms with Gasteiger partial charge in [-0.3, -0.25) is 9.59 Å². The Morgan fingerprint density at radius 3 is 2.75 bits per heavy atom. The van der Waals surface area contributed by atoms with Crippen molar-refractivity contribution in [3.8, 4) is 0 Å². The summed E-state index contributed by atoms with van der Waals surface area (Å²) in [5, 5.41) is 5.86. The van der Waals surface area contributed by atoms with Gasteiger partial charge in [0, 0.05) is 25.4 Å². The van der Waals surface area contributed by atoms with Crippen molar-refractivity contribution >= 4 is 22.8 Å². The largest absolute Gasteiger partial charge is 0.355 e. The topological polar surface area (TPSA) is 76.0 Å². The average molecular weight is 328 g/mol. The van der Waals surface area contributed by atoms with Gasteiger partial charge in [0.1, 0.15) is 12.4 Å². The van der Waals surface area contributed by atoms with Gasteiger partial charge in [0.15, 0.2) is 0 Å². The molecule has 1 aromatic heterocycles. The number of aromatic nitrogens is 2. The fraction of sp³-hybridized carbons (Fsp3) is 0.500. The summed E-state index contributed by atoms with van der Waals surface area (Å²) < 4.78 is 1.95. The number of carbonyl (C=O) groups excluding carboxylic acids is 2. The van der Waals surface area contributed by atoms with Gasteiger partial charge < -0.3 is 15.2 Å². The summed E-state index contributed by atoms with van der Waals surface area (Å²) in [5.74, 6) is 1.17. The number of hydrogen-bond acceptors (Lipinski definition) is 3. The van der Waals surface area contributed by atoms with Crippen molar-refractivity contribution in [2.45, 2.75) is 39.2 Å². The Labute approximate surface area is 141 Å². The number of nitrogens with zero attached hydrogens (tertiary/aromatic N) is 2. The number of carbonyl (C=O) groups is 2. The lowest BCUT2D eigenvalue weighted by atomic mass is 10.3. The summed E-state index contributed by atoms with van der Waals surface area (Å²) in [6, 6.07) is 7.81. The molecule has 1 saturated carbocycles. The molecule has 2 amide bonds. The Balaban J connectivity index is 1.71. The van der Waals surface area contributed by atoms with E-state index in [9.17, 15) is 9.59 Å². The predicted octanol–water partition coefficient (Wildman–Crippen LogP) is 1.63. The highest BCUT2D eigenvalue weighted by molar-refractivity contribution is 5.81. The Morgan fingerprint density at radius 2 is 2.00 bits per heavy atom. The van der Waals surface area contributed by atoms with E-state index in [2.05, 4.69) is 15.6 Å². The van der Waals surface area contributed by atoms with E-state index in [4.69, 9.17) is 0 Å². The maximum absolute atomic E-state index is 12.1. The highest BCUT2D eigenvalue weighted by Crippen LogP contribution is 2.28. The molecule has 0 unspecified atom stereocenters. The number of benzene rings is 1.